The average molecular weight is 422 g/mol. The van der Waals surface area contributed by atoms with Crippen molar-refractivity contribution in [2.45, 2.75) is 18.9 Å². The van der Waals surface area contributed by atoms with Crippen molar-refractivity contribution in [3.8, 4) is 0 Å². The largest absolute Gasteiger partial charge is 0.368 e. The van der Waals surface area contributed by atoms with Crippen LogP contribution in [0.15, 0.2) is 72.8 Å². The van der Waals surface area contributed by atoms with Gasteiger partial charge in [0.25, 0.3) is 0 Å². The molecule has 1 atom stereocenters. The van der Waals surface area contributed by atoms with Gasteiger partial charge in [-0.2, -0.15) is 0 Å². The van der Waals surface area contributed by atoms with Crippen LogP contribution in [0.3, 0.4) is 0 Å². The quantitative estimate of drug-likeness (QED) is 0.547. The Morgan fingerprint density at radius 3 is 1.97 bits per heavy atom. The maximum absolute atomic E-state index is 13.7. The monoisotopic (exact) mass is 422 g/mol. The molecule has 3 aromatic rings. The number of nitrogens with two attached hydrogens (primary N) is 1. The summed E-state index contributed by atoms with van der Waals surface area (Å²) in [6.45, 7) is 0. The van der Waals surface area contributed by atoms with E-state index in [2.05, 4.69) is 5.32 Å². The molecular weight excluding hydrogens is 402 g/mol. The summed E-state index contributed by atoms with van der Waals surface area (Å²) in [5.74, 6) is -3.34. The molecule has 3 aromatic carbocycles. The van der Waals surface area contributed by atoms with Crippen molar-refractivity contribution in [2.24, 2.45) is 5.73 Å². The number of amides is 2. The van der Waals surface area contributed by atoms with Gasteiger partial charge in [-0.1, -0.05) is 60.7 Å². The van der Waals surface area contributed by atoms with Crippen molar-refractivity contribution >= 4 is 17.6 Å². The molecule has 0 aliphatic carbocycles. The van der Waals surface area contributed by atoms with Crippen molar-refractivity contribution in [1.29, 1.82) is 0 Å². The Morgan fingerprint density at radius 1 is 0.806 bits per heavy atom. The van der Waals surface area contributed by atoms with E-state index in [0.717, 1.165) is 12.1 Å². The summed E-state index contributed by atoms with van der Waals surface area (Å²) in [6.07, 6.45) is -0.493. The fourth-order valence-electron chi connectivity index (χ4n) is 3.11. The Labute approximate surface area is 177 Å². The second-order valence-electron chi connectivity index (χ2n) is 7.00. The van der Waals surface area contributed by atoms with Crippen molar-refractivity contribution in [2.75, 3.05) is 0 Å². The van der Waals surface area contributed by atoms with E-state index in [1.807, 2.05) is 6.07 Å². The van der Waals surface area contributed by atoms with Crippen LogP contribution in [-0.2, 0) is 22.4 Å². The first-order chi connectivity index (χ1) is 14.8. The first-order valence-corrected chi connectivity index (χ1v) is 9.55. The van der Waals surface area contributed by atoms with Gasteiger partial charge in [-0.15, -0.1) is 0 Å². The van der Waals surface area contributed by atoms with E-state index in [1.54, 1.807) is 48.5 Å². The fourth-order valence-corrected chi connectivity index (χ4v) is 3.11. The highest BCUT2D eigenvalue weighted by Crippen LogP contribution is 2.14. The first kappa shape index (κ1) is 21.8. The molecular formula is C24H20F2N2O3. The number of ketones is 1. The predicted molar refractivity (Wildman–Crippen MR) is 111 cm³/mol. The molecule has 0 aromatic heterocycles. The maximum Gasteiger partial charge on any atom is 0.240 e. The van der Waals surface area contributed by atoms with Crippen LogP contribution in [0.25, 0.3) is 0 Å². The lowest BCUT2D eigenvalue weighted by atomic mass is 9.99. The van der Waals surface area contributed by atoms with Gasteiger partial charge in [0, 0.05) is 23.1 Å². The standard InChI is InChI=1S/C24H20F2N2O3/c25-19-7-4-8-20(26)18(19)14-22(29)28-21(24(27)31)13-15-9-11-17(12-10-15)23(30)16-5-2-1-3-6-16/h1-12,21H,13-14H2,(H2,27,31)(H,28,29)/t21-/m0/s1. The summed E-state index contributed by atoms with van der Waals surface area (Å²) in [5.41, 5.74) is 6.69. The van der Waals surface area contributed by atoms with Gasteiger partial charge in [0.15, 0.2) is 5.78 Å². The van der Waals surface area contributed by atoms with Crippen LogP contribution >= 0.6 is 0 Å². The predicted octanol–water partition coefficient (Wildman–Crippen LogP) is 2.95. The van der Waals surface area contributed by atoms with Crippen LogP contribution < -0.4 is 11.1 Å². The number of halogens is 2. The topological polar surface area (TPSA) is 89.3 Å². The van der Waals surface area contributed by atoms with E-state index < -0.39 is 35.9 Å². The van der Waals surface area contributed by atoms with E-state index in [4.69, 9.17) is 5.73 Å². The molecule has 0 unspecified atom stereocenters. The van der Waals surface area contributed by atoms with Gasteiger partial charge in [0.05, 0.1) is 6.42 Å². The van der Waals surface area contributed by atoms with Crippen LogP contribution in [0, 0.1) is 11.6 Å². The number of hydrogen-bond donors (Lipinski definition) is 2. The minimum atomic E-state index is -1.07. The number of primary amides is 1. The molecule has 158 valence electrons. The molecule has 0 aliphatic rings. The maximum atomic E-state index is 13.7. The van der Waals surface area contributed by atoms with Crippen LogP contribution in [0.4, 0.5) is 8.78 Å². The molecule has 0 bridgehead atoms. The normalized spacial score (nSPS) is 11.5. The van der Waals surface area contributed by atoms with Crippen LogP contribution in [0.5, 0.6) is 0 Å². The second kappa shape index (κ2) is 9.75. The summed E-state index contributed by atoms with van der Waals surface area (Å²) in [7, 11) is 0. The molecule has 31 heavy (non-hydrogen) atoms. The third-order valence-electron chi connectivity index (χ3n) is 4.77. The Balaban J connectivity index is 1.67. The van der Waals surface area contributed by atoms with Gasteiger partial charge in [-0.05, 0) is 17.7 Å². The highest BCUT2D eigenvalue weighted by atomic mass is 19.1. The third-order valence-corrected chi connectivity index (χ3v) is 4.77. The van der Waals surface area contributed by atoms with Gasteiger partial charge in [0.2, 0.25) is 11.8 Å². The summed E-state index contributed by atoms with van der Waals surface area (Å²) < 4.78 is 27.5. The molecule has 0 heterocycles. The number of carbonyl (C=O) groups is 3. The van der Waals surface area contributed by atoms with E-state index >= 15 is 0 Å². The van der Waals surface area contributed by atoms with Gasteiger partial charge in [-0.25, -0.2) is 8.78 Å². The first-order valence-electron chi connectivity index (χ1n) is 9.55. The Kier molecular flexibility index (Phi) is 6.87. The fraction of sp³-hybridized carbons (Fsp3) is 0.125. The summed E-state index contributed by atoms with van der Waals surface area (Å²) >= 11 is 0. The number of rotatable bonds is 8. The lowest BCUT2D eigenvalue weighted by Gasteiger charge is -2.16. The highest BCUT2D eigenvalue weighted by Gasteiger charge is 2.21. The van der Waals surface area contributed by atoms with E-state index in [9.17, 15) is 23.2 Å². The molecule has 0 radical (unpaired) electrons. The van der Waals surface area contributed by atoms with E-state index in [-0.39, 0.29) is 17.8 Å². The zero-order valence-electron chi connectivity index (χ0n) is 16.5. The van der Waals surface area contributed by atoms with Gasteiger partial charge < -0.3 is 11.1 Å². The molecule has 3 N–H and O–H groups in total. The van der Waals surface area contributed by atoms with E-state index in [1.165, 1.54) is 6.07 Å². The van der Waals surface area contributed by atoms with Gasteiger partial charge >= 0.3 is 0 Å². The Morgan fingerprint density at radius 2 is 1.39 bits per heavy atom. The second-order valence-corrected chi connectivity index (χ2v) is 7.00. The summed E-state index contributed by atoms with van der Waals surface area (Å²) in [5, 5.41) is 2.42. The molecule has 2 amide bonds. The van der Waals surface area contributed by atoms with Crippen molar-refractivity contribution in [1.82, 2.24) is 5.32 Å². The Bertz CT molecular complexity index is 1080. The molecule has 3 rings (SSSR count). The molecule has 0 saturated heterocycles. The minimum absolute atomic E-state index is 0.0701. The Hall–Kier alpha value is -3.87. The summed E-state index contributed by atoms with van der Waals surface area (Å²) in [6, 6.07) is 17.6. The van der Waals surface area contributed by atoms with Gasteiger partial charge in [0.1, 0.15) is 17.7 Å². The number of nitrogens with one attached hydrogen (secondary N) is 1. The average Bonchev–Trinajstić information content (AvgIpc) is 2.76. The van der Waals surface area contributed by atoms with Gasteiger partial charge in [-0.3, -0.25) is 14.4 Å². The van der Waals surface area contributed by atoms with Crippen molar-refractivity contribution < 1.29 is 23.2 Å². The summed E-state index contributed by atoms with van der Waals surface area (Å²) in [4.78, 5) is 36.5. The van der Waals surface area contributed by atoms with Crippen LogP contribution in [0.1, 0.15) is 27.0 Å². The number of hydrogen-bond acceptors (Lipinski definition) is 3. The smallest absolute Gasteiger partial charge is 0.240 e. The molecule has 5 nitrogen and oxygen atoms in total. The molecule has 0 saturated carbocycles. The molecule has 0 spiro atoms. The third kappa shape index (κ3) is 5.60. The van der Waals surface area contributed by atoms with Crippen LogP contribution in [-0.4, -0.2) is 23.6 Å². The minimum Gasteiger partial charge on any atom is -0.368 e. The molecule has 0 aliphatic heterocycles. The SMILES string of the molecule is NC(=O)[C@H](Cc1ccc(C(=O)c2ccccc2)cc1)NC(=O)Cc1c(F)cccc1F. The van der Waals surface area contributed by atoms with E-state index in [0.29, 0.717) is 16.7 Å². The molecule has 0 fully saturated rings. The number of carbonyl (C=O) groups excluding carboxylic acids is 3. The van der Waals surface area contributed by atoms with Crippen molar-refractivity contribution in [3.63, 3.8) is 0 Å². The van der Waals surface area contributed by atoms with Crippen molar-refractivity contribution in [3.05, 3.63) is 107 Å². The lowest BCUT2D eigenvalue weighted by molar-refractivity contribution is -0.127. The zero-order chi connectivity index (χ0) is 22.4. The highest BCUT2D eigenvalue weighted by molar-refractivity contribution is 6.08. The molecule has 7 heteroatoms. The van der Waals surface area contributed by atoms with Crippen LogP contribution in [0.2, 0.25) is 0 Å². The number of benzene rings is 3. The lowest BCUT2D eigenvalue weighted by Crippen LogP contribution is -2.46. The zero-order valence-corrected chi connectivity index (χ0v) is 16.5.